The largest absolute Gasteiger partial charge is 0.368 e. The highest BCUT2D eigenvalue weighted by molar-refractivity contribution is 9.10. The Balaban J connectivity index is 3.13. The molecule has 1 aromatic carbocycles. The molecule has 0 aromatic heterocycles. The van der Waals surface area contributed by atoms with Crippen LogP contribution in [-0.2, 0) is 0 Å². The zero-order valence-electron chi connectivity index (χ0n) is 8.63. The summed E-state index contributed by atoms with van der Waals surface area (Å²) in [5.74, 6) is 2.62. The average Bonchev–Trinajstić information content (AvgIpc) is 2.18. The fourth-order valence-electron chi connectivity index (χ4n) is 1.11. The molecular formula is C12H11BrN2. The van der Waals surface area contributed by atoms with Gasteiger partial charge in [0.05, 0.1) is 16.8 Å². The molecule has 0 spiro atoms. The Hall–Kier alpha value is -1.45. The number of halogens is 1. The lowest BCUT2D eigenvalue weighted by Gasteiger charge is -2.22. The summed E-state index contributed by atoms with van der Waals surface area (Å²) in [6.07, 6.45) is 5.38. The van der Waals surface area contributed by atoms with E-state index >= 15 is 0 Å². The van der Waals surface area contributed by atoms with Crippen LogP contribution in [0.2, 0.25) is 0 Å². The monoisotopic (exact) mass is 262 g/mol. The first-order valence-electron chi connectivity index (χ1n) is 4.45. The number of terminal acetylenes is 1. The Morgan fingerprint density at radius 3 is 2.67 bits per heavy atom. The Labute approximate surface area is 98.4 Å². The van der Waals surface area contributed by atoms with E-state index in [0.717, 1.165) is 10.2 Å². The lowest BCUT2D eigenvalue weighted by molar-refractivity contribution is 0.741. The van der Waals surface area contributed by atoms with Gasteiger partial charge in [-0.25, -0.2) is 0 Å². The van der Waals surface area contributed by atoms with Gasteiger partial charge in [-0.1, -0.05) is 12.0 Å². The summed E-state index contributed by atoms with van der Waals surface area (Å²) in [5, 5.41) is 12.1. The molecule has 0 bridgehead atoms. The third kappa shape index (κ3) is 2.75. The number of nitrogens with one attached hydrogen (secondary N) is 1. The van der Waals surface area contributed by atoms with Crippen molar-refractivity contribution in [2.45, 2.75) is 19.4 Å². The highest BCUT2D eigenvalue weighted by Gasteiger charge is 2.16. The maximum absolute atomic E-state index is 9.00. The molecule has 1 rings (SSSR count). The van der Waals surface area contributed by atoms with E-state index in [1.165, 1.54) is 0 Å². The first-order chi connectivity index (χ1) is 7.00. The minimum Gasteiger partial charge on any atom is -0.368 e. The van der Waals surface area contributed by atoms with Crippen LogP contribution in [0.15, 0.2) is 22.7 Å². The van der Waals surface area contributed by atoms with Crippen molar-refractivity contribution in [2.24, 2.45) is 0 Å². The fourth-order valence-corrected chi connectivity index (χ4v) is 1.57. The van der Waals surface area contributed by atoms with Crippen LogP contribution in [0.1, 0.15) is 19.4 Å². The molecule has 2 nitrogen and oxygen atoms in total. The van der Waals surface area contributed by atoms with E-state index in [2.05, 4.69) is 33.2 Å². The molecule has 0 fully saturated rings. The molecule has 0 saturated carbocycles. The molecule has 0 unspecified atom stereocenters. The molecule has 76 valence electrons. The molecule has 0 radical (unpaired) electrons. The van der Waals surface area contributed by atoms with Gasteiger partial charge in [0.2, 0.25) is 0 Å². The third-order valence-electron chi connectivity index (χ3n) is 1.93. The maximum Gasteiger partial charge on any atom is 0.103 e. The number of hydrogen-bond acceptors (Lipinski definition) is 2. The van der Waals surface area contributed by atoms with E-state index in [-0.39, 0.29) is 0 Å². The minimum absolute atomic E-state index is 0.466. The maximum atomic E-state index is 9.00. The van der Waals surface area contributed by atoms with Crippen LogP contribution in [0.4, 0.5) is 5.69 Å². The molecule has 0 atom stereocenters. The van der Waals surface area contributed by atoms with Crippen molar-refractivity contribution in [3.8, 4) is 18.4 Å². The normalized spacial score (nSPS) is 10.2. The van der Waals surface area contributed by atoms with Crippen molar-refractivity contribution in [2.75, 3.05) is 5.32 Å². The third-order valence-corrected chi connectivity index (χ3v) is 2.59. The summed E-state index contributed by atoms with van der Waals surface area (Å²) in [4.78, 5) is 0. The Morgan fingerprint density at radius 1 is 1.47 bits per heavy atom. The Kier molecular flexibility index (Phi) is 3.39. The zero-order valence-corrected chi connectivity index (χ0v) is 10.2. The van der Waals surface area contributed by atoms with Crippen molar-refractivity contribution in [1.82, 2.24) is 0 Å². The summed E-state index contributed by atoms with van der Waals surface area (Å²) in [5.41, 5.74) is 0.850. The molecule has 0 aliphatic carbocycles. The van der Waals surface area contributed by atoms with Gasteiger partial charge in [-0.2, -0.15) is 5.26 Å². The number of anilines is 1. The van der Waals surface area contributed by atoms with Crippen molar-refractivity contribution in [3.05, 3.63) is 28.2 Å². The second-order valence-electron chi connectivity index (χ2n) is 3.67. The molecule has 0 aliphatic rings. The van der Waals surface area contributed by atoms with Gasteiger partial charge in [0.25, 0.3) is 0 Å². The lowest BCUT2D eigenvalue weighted by Crippen LogP contribution is -2.28. The van der Waals surface area contributed by atoms with E-state index in [0.29, 0.717) is 5.56 Å². The number of benzene rings is 1. The highest BCUT2D eigenvalue weighted by atomic mass is 79.9. The average molecular weight is 263 g/mol. The van der Waals surface area contributed by atoms with Gasteiger partial charge >= 0.3 is 0 Å². The van der Waals surface area contributed by atoms with Crippen LogP contribution < -0.4 is 5.32 Å². The number of rotatable bonds is 2. The molecular weight excluding hydrogens is 252 g/mol. The molecule has 1 N–H and O–H groups in total. The van der Waals surface area contributed by atoms with Crippen LogP contribution in [0.25, 0.3) is 0 Å². The van der Waals surface area contributed by atoms with Crippen LogP contribution in [-0.4, -0.2) is 5.54 Å². The van der Waals surface area contributed by atoms with E-state index < -0.39 is 5.54 Å². The Bertz CT molecular complexity index is 450. The highest BCUT2D eigenvalue weighted by Crippen LogP contribution is 2.25. The van der Waals surface area contributed by atoms with Gasteiger partial charge in [0.15, 0.2) is 0 Å². The van der Waals surface area contributed by atoms with Crippen molar-refractivity contribution in [3.63, 3.8) is 0 Å². The predicted octanol–water partition coefficient (Wildman–Crippen LogP) is 3.14. The van der Waals surface area contributed by atoms with Gasteiger partial charge in [-0.3, -0.25) is 0 Å². The quantitative estimate of drug-likeness (QED) is 0.832. The van der Waals surface area contributed by atoms with Crippen molar-refractivity contribution in [1.29, 1.82) is 5.26 Å². The number of hydrogen-bond donors (Lipinski definition) is 1. The molecule has 15 heavy (non-hydrogen) atoms. The topological polar surface area (TPSA) is 35.8 Å². The summed E-state index contributed by atoms with van der Waals surface area (Å²) in [6.45, 7) is 3.77. The van der Waals surface area contributed by atoms with Crippen molar-refractivity contribution >= 4 is 21.6 Å². The van der Waals surface area contributed by atoms with Gasteiger partial charge in [-0.15, -0.1) is 6.42 Å². The molecule has 0 amide bonds. The van der Waals surface area contributed by atoms with Gasteiger partial charge in [0.1, 0.15) is 6.07 Å². The van der Waals surface area contributed by atoms with E-state index in [9.17, 15) is 0 Å². The van der Waals surface area contributed by atoms with E-state index in [1.807, 2.05) is 32.0 Å². The van der Waals surface area contributed by atoms with Gasteiger partial charge in [0, 0.05) is 4.47 Å². The molecule has 3 heteroatoms. The minimum atomic E-state index is -0.466. The number of nitrogens with zero attached hydrogens (tertiary/aromatic N) is 1. The van der Waals surface area contributed by atoms with Crippen LogP contribution in [0.5, 0.6) is 0 Å². The summed E-state index contributed by atoms with van der Waals surface area (Å²) in [6, 6.07) is 7.66. The number of nitriles is 1. The van der Waals surface area contributed by atoms with Crippen LogP contribution in [0, 0.1) is 23.7 Å². The molecule has 0 heterocycles. The summed E-state index contributed by atoms with van der Waals surface area (Å²) < 4.78 is 0.767. The summed E-state index contributed by atoms with van der Waals surface area (Å²) in [7, 11) is 0. The van der Waals surface area contributed by atoms with Crippen LogP contribution >= 0.6 is 15.9 Å². The fraction of sp³-hybridized carbons (Fsp3) is 0.250. The second-order valence-corrected chi connectivity index (χ2v) is 4.52. The SMILES string of the molecule is C#CC(C)(C)Nc1cccc(Br)c1C#N. The predicted molar refractivity (Wildman–Crippen MR) is 65.4 cm³/mol. The first kappa shape index (κ1) is 11.6. The second kappa shape index (κ2) is 4.38. The molecule has 0 saturated heterocycles. The van der Waals surface area contributed by atoms with Gasteiger partial charge in [-0.05, 0) is 41.9 Å². The van der Waals surface area contributed by atoms with Crippen molar-refractivity contribution < 1.29 is 0 Å². The zero-order chi connectivity index (χ0) is 11.5. The summed E-state index contributed by atoms with van der Waals surface area (Å²) >= 11 is 3.32. The van der Waals surface area contributed by atoms with E-state index in [1.54, 1.807) is 0 Å². The molecule has 0 aliphatic heterocycles. The Morgan fingerprint density at radius 2 is 2.13 bits per heavy atom. The molecule has 1 aromatic rings. The van der Waals surface area contributed by atoms with Gasteiger partial charge < -0.3 is 5.32 Å². The smallest absolute Gasteiger partial charge is 0.103 e. The lowest BCUT2D eigenvalue weighted by atomic mass is 10.1. The first-order valence-corrected chi connectivity index (χ1v) is 5.24. The van der Waals surface area contributed by atoms with E-state index in [4.69, 9.17) is 11.7 Å². The van der Waals surface area contributed by atoms with Crippen LogP contribution in [0.3, 0.4) is 0 Å². The standard InChI is InChI=1S/C12H11BrN2/c1-4-12(2,3)15-11-7-5-6-10(13)9(11)8-14/h1,5-7,15H,2-3H3.